The third-order valence-electron chi connectivity index (χ3n) is 1.83. The topological polar surface area (TPSA) is 93.7 Å². The lowest BCUT2D eigenvalue weighted by Crippen LogP contribution is -2.25. The van der Waals surface area contributed by atoms with Crippen molar-refractivity contribution in [2.75, 3.05) is 19.2 Å². The van der Waals surface area contributed by atoms with E-state index >= 15 is 0 Å². The van der Waals surface area contributed by atoms with Crippen LogP contribution in [-0.2, 0) is 24.4 Å². The lowest BCUT2D eigenvalue weighted by Gasteiger charge is -2.07. The van der Waals surface area contributed by atoms with Crippen LogP contribution in [0.1, 0.15) is 6.92 Å². The van der Waals surface area contributed by atoms with Crippen LogP contribution in [0, 0.1) is 0 Å². The van der Waals surface area contributed by atoms with Crippen molar-refractivity contribution in [1.29, 1.82) is 0 Å². The zero-order valence-electron chi connectivity index (χ0n) is 9.97. The van der Waals surface area contributed by atoms with Crippen molar-refractivity contribution in [3.8, 4) is 0 Å². The monoisotopic (exact) mass is 274 g/mol. The molecule has 0 atom stereocenters. The van der Waals surface area contributed by atoms with E-state index in [1.54, 1.807) is 0 Å². The van der Waals surface area contributed by atoms with E-state index in [1.165, 1.54) is 38.3 Å². The molecular formula is C10H14N2O5S. The second-order valence-corrected chi connectivity index (χ2v) is 4.99. The number of nitrogens with one attached hydrogen (secondary N) is 2. The maximum atomic E-state index is 11.7. The molecule has 0 heterocycles. The van der Waals surface area contributed by atoms with Crippen molar-refractivity contribution < 1.29 is 22.8 Å². The van der Waals surface area contributed by atoms with Crippen LogP contribution in [0.25, 0.3) is 0 Å². The number of methoxy groups -OCH3 is 1. The lowest BCUT2D eigenvalue weighted by molar-refractivity contribution is -0.114. The number of carbonyl (C=O) groups excluding carboxylic acids is 1. The molecule has 0 spiro atoms. The van der Waals surface area contributed by atoms with Crippen molar-refractivity contribution >= 4 is 21.6 Å². The first-order valence-corrected chi connectivity index (χ1v) is 6.44. The maximum absolute atomic E-state index is 11.7. The maximum Gasteiger partial charge on any atom is 0.262 e. The highest BCUT2D eigenvalue weighted by Crippen LogP contribution is 2.13. The fraction of sp³-hybridized carbons (Fsp3) is 0.300. The quantitative estimate of drug-likeness (QED) is 0.446. The van der Waals surface area contributed by atoms with Gasteiger partial charge in [0.15, 0.2) is 6.79 Å². The molecule has 0 aromatic heterocycles. The van der Waals surface area contributed by atoms with E-state index in [0.29, 0.717) is 5.69 Å². The summed E-state index contributed by atoms with van der Waals surface area (Å²) in [7, 11) is -2.37. The molecule has 1 amide bonds. The zero-order chi connectivity index (χ0) is 13.6. The number of anilines is 1. The average molecular weight is 274 g/mol. The first-order valence-electron chi connectivity index (χ1n) is 4.96. The minimum Gasteiger partial charge on any atom is -0.357 e. The van der Waals surface area contributed by atoms with Crippen LogP contribution in [0.4, 0.5) is 5.69 Å². The van der Waals surface area contributed by atoms with Gasteiger partial charge < -0.3 is 10.1 Å². The Labute approximate surface area is 105 Å². The van der Waals surface area contributed by atoms with Crippen LogP contribution in [0.15, 0.2) is 29.2 Å². The normalized spacial score (nSPS) is 11.2. The highest BCUT2D eigenvalue weighted by atomic mass is 32.2. The predicted molar refractivity (Wildman–Crippen MR) is 64.0 cm³/mol. The first kappa shape index (κ1) is 14.6. The van der Waals surface area contributed by atoms with Crippen molar-refractivity contribution in [3.63, 3.8) is 0 Å². The van der Waals surface area contributed by atoms with Crippen LogP contribution >= 0.6 is 0 Å². The highest BCUT2D eigenvalue weighted by Gasteiger charge is 2.13. The number of rotatable bonds is 6. The summed E-state index contributed by atoms with van der Waals surface area (Å²) in [6, 6.07) is 5.66. The molecule has 0 aliphatic carbocycles. The molecule has 0 fully saturated rings. The summed E-state index contributed by atoms with van der Waals surface area (Å²) in [4.78, 5) is 17.3. The number of hydrogen-bond donors (Lipinski definition) is 2. The molecule has 1 rings (SSSR count). The van der Waals surface area contributed by atoms with E-state index in [-0.39, 0.29) is 17.6 Å². The Morgan fingerprint density at radius 1 is 1.28 bits per heavy atom. The molecule has 100 valence electrons. The van der Waals surface area contributed by atoms with Crippen LogP contribution in [0.2, 0.25) is 0 Å². The van der Waals surface area contributed by atoms with Gasteiger partial charge in [0.25, 0.3) is 10.0 Å². The Morgan fingerprint density at radius 3 is 2.39 bits per heavy atom. The lowest BCUT2D eigenvalue weighted by atomic mass is 10.3. The molecule has 0 aliphatic rings. The summed E-state index contributed by atoms with van der Waals surface area (Å²) < 4.78 is 27.9. The second-order valence-electron chi connectivity index (χ2n) is 3.34. The summed E-state index contributed by atoms with van der Waals surface area (Å²) in [6.45, 7) is 1.17. The summed E-state index contributed by atoms with van der Waals surface area (Å²) >= 11 is 0. The number of carbonyl (C=O) groups is 1. The third kappa shape index (κ3) is 4.41. The molecule has 0 radical (unpaired) electrons. The smallest absolute Gasteiger partial charge is 0.262 e. The highest BCUT2D eigenvalue weighted by molar-refractivity contribution is 7.89. The van der Waals surface area contributed by atoms with Crippen LogP contribution in [0.3, 0.4) is 0 Å². The van der Waals surface area contributed by atoms with Gasteiger partial charge in [-0.1, -0.05) is 4.89 Å². The van der Waals surface area contributed by atoms with Gasteiger partial charge in [-0.05, 0) is 24.3 Å². The minimum absolute atomic E-state index is 0.0210. The molecule has 0 unspecified atom stereocenters. The van der Waals surface area contributed by atoms with Gasteiger partial charge in [-0.15, -0.1) is 0 Å². The number of amides is 1. The molecule has 18 heavy (non-hydrogen) atoms. The van der Waals surface area contributed by atoms with Crippen LogP contribution in [-0.4, -0.2) is 28.2 Å². The van der Waals surface area contributed by atoms with Crippen molar-refractivity contribution in [1.82, 2.24) is 4.89 Å². The van der Waals surface area contributed by atoms with Crippen molar-refractivity contribution in [3.05, 3.63) is 24.3 Å². The number of sulfonamides is 1. The van der Waals surface area contributed by atoms with Gasteiger partial charge in [-0.3, -0.25) is 9.63 Å². The summed E-state index contributed by atoms with van der Waals surface area (Å²) in [6.07, 6.45) is 0. The molecule has 0 saturated carbocycles. The SMILES string of the molecule is COCONS(=O)(=O)c1ccc(NC(C)=O)cc1. The van der Waals surface area contributed by atoms with Gasteiger partial charge in [0.1, 0.15) is 0 Å². The van der Waals surface area contributed by atoms with E-state index < -0.39 is 10.0 Å². The Balaban J connectivity index is 2.74. The Morgan fingerprint density at radius 2 is 1.89 bits per heavy atom. The van der Waals surface area contributed by atoms with Gasteiger partial charge >= 0.3 is 0 Å². The number of benzene rings is 1. The summed E-state index contributed by atoms with van der Waals surface area (Å²) in [5.41, 5.74) is 0.513. The minimum atomic E-state index is -3.74. The first-order chi connectivity index (χ1) is 8.45. The molecule has 2 N–H and O–H groups in total. The molecule has 7 nitrogen and oxygen atoms in total. The molecule has 0 aliphatic heterocycles. The zero-order valence-corrected chi connectivity index (χ0v) is 10.8. The molecular weight excluding hydrogens is 260 g/mol. The van der Waals surface area contributed by atoms with Gasteiger partial charge in [0.2, 0.25) is 5.91 Å². The van der Waals surface area contributed by atoms with Gasteiger partial charge in [-0.2, -0.15) is 0 Å². The number of ether oxygens (including phenoxy) is 1. The van der Waals surface area contributed by atoms with Gasteiger partial charge in [0.05, 0.1) is 4.90 Å². The van der Waals surface area contributed by atoms with E-state index in [1.807, 2.05) is 4.89 Å². The van der Waals surface area contributed by atoms with Gasteiger partial charge in [0, 0.05) is 19.7 Å². The molecule has 0 bridgehead atoms. The predicted octanol–water partition coefficient (Wildman–Crippen LogP) is 0.459. The van der Waals surface area contributed by atoms with E-state index in [0.717, 1.165) is 0 Å². The average Bonchev–Trinajstić information content (AvgIpc) is 2.29. The third-order valence-corrected chi connectivity index (χ3v) is 3.06. The molecule has 1 aromatic carbocycles. The Kier molecular flexibility index (Phi) is 5.23. The molecule has 8 heteroatoms. The van der Waals surface area contributed by atoms with E-state index in [9.17, 15) is 13.2 Å². The van der Waals surface area contributed by atoms with Gasteiger partial charge in [-0.25, -0.2) is 8.42 Å². The fourth-order valence-electron chi connectivity index (χ4n) is 1.13. The Hall–Kier alpha value is -1.48. The van der Waals surface area contributed by atoms with E-state index in [2.05, 4.69) is 14.9 Å². The second kappa shape index (κ2) is 6.45. The standard InChI is InChI=1S/C10H14N2O5S/c1-8(13)11-9-3-5-10(6-4-9)18(14,15)12-17-7-16-2/h3-6,12H,7H2,1-2H3,(H,11,13). The van der Waals surface area contributed by atoms with Crippen molar-refractivity contribution in [2.24, 2.45) is 0 Å². The summed E-state index contributed by atoms with van der Waals surface area (Å²) in [5, 5.41) is 2.53. The molecule has 0 saturated heterocycles. The van der Waals surface area contributed by atoms with Crippen LogP contribution < -0.4 is 10.2 Å². The summed E-state index contributed by atoms with van der Waals surface area (Å²) in [5.74, 6) is -0.229. The van der Waals surface area contributed by atoms with E-state index in [4.69, 9.17) is 0 Å². The van der Waals surface area contributed by atoms with Crippen LogP contribution in [0.5, 0.6) is 0 Å². The fourth-order valence-corrected chi connectivity index (χ4v) is 1.92. The number of hydrogen-bond acceptors (Lipinski definition) is 5. The molecule has 1 aromatic rings. The largest absolute Gasteiger partial charge is 0.357 e. The Bertz CT molecular complexity index is 498. The van der Waals surface area contributed by atoms with Crippen molar-refractivity contribution in [2.45, 2.75) is 11.8 Å².